The third kappa shape index (κ3) is 8.64. The van der Waals surface area contributed by atoms with Gasteiger partial charge in [0.1, 0.15) is 0 Å². The zero-order valence-electron chi connectivity index (χ0n) is 14.9. The first-order valence-corrected chi connectivity index (χ1v) is 8.13. The van der Waals surface area contributed by atoms with E-state index < -0.39 is 0 Å². The highest BCUT2D eigenvalue weighted by atomic mass is 16.6. The van der Waals surface area contributed by atoms with E-state index in [1.165, 1.54) is 0 Å². The molecule has 0 N–H and O–H groups in total. The van der Waals surface area contributed by atoms with Gasteiger partial charge in [0.2, 0.25) is 0 Å². The first-order valence-electron chi connectivity index (χ1n) is 8.13. The van der Waals surface area contributed by atoms with Crippen LogP contribution in [0.5, 0.6) is 0 Å². The summed E-state index contributed by atoms with van der Waals surface area (Å²) in [6.45, 7) is 5.08. The minimum absolute atomic E-state index is 0.153. The van der Waals surface area contributed by atoms with Crippen molar-refractivity contribution in [3.05, 3.63) is 39.9 Å². The maximum absolute atomic E-state index is 10.7. The van der Waals surface area contributed by atoms with Crippen molar-refractivity contribution in [2.24, 2.45) is 0 Å². The minimum atomic E-state index is -0.351. The summed E-state index contributed by atoms with van der Waals surface area (Å²) < 4.78 is 0. The van der Waals surface area contributed by atoms with E-state index in [0.29, 0.717) is 0 Å². The SMILES string of the molecule is CN(C)CCCN(CCCN(C)C)Cc1ccc([N+](=O)[O-])cc1. The highest BCUT2D eigenvalue weighted by molar-refractivity contribution is 5.32. The Kier molecular flexibility index (Phi) is 8.76. The van der Waals surface area contributed by atoms with E-state index in [0.717, 1.165) is 51.1 Å². The molecule has 0 fully saturated rings. The molecule has 6 nitrogen and oxygen atoms in total. The summed E-state index contributed by atoms with van der Waals surface area (Å²) in [5.41, 5.74) is 1.28. The number of hydrogen-bond donors (Lipinski definition) is 0. The fourth-order valence-corrected chi connectivity index (χ4v) is 2.47. The van der Waals surface area contributed by atoms with Crippen LogP contribution >= 0.6 is 0 Å². The molecule has 0 unspecified atom stereocenters. The molecule has 0 spiro atoms. The van der Waals surface area contributed by atoms with Crippen LogP contribution in [0.15, 0.2) is 24.3 Å². The van der Waals surface area contributed by atoms with E-state index >= 15 is 0 Å². The minimum Gasteiger partial charge on any atom is -0.309 e. The Morgan fingerprint density at radius 3 is 1.74 bits per heavy atom. The van der Waals surface area contributed by atoms with Gasteiger partial charge in [-0.2, -0.15) is 0 Å². The van der Waals surface area contributed by atoms with E-state index in [-0.39, 0.29) is 10.6 Å². The monoisotopic (exact) mass is 322 g/mol. The van der Waals surface area contributed by atoms with Gasteiger partial charge in [-0.05, 0) is 72.8 Å². The van der Waals surface area contributed by atoms with Crippen molar-refractivity contribution in [1.29, 1.82) is 0 Å². The molecule has 0 bridgehead atoms. The molecule has 1 rings (SSSR count). The fourth-order valence-electron chi connectivity index (χ4n) is 2.47. The van der Waals surface area contributed by atoms with E-state index in [9.17, 15) is 10.1 Å². The summed E-state index contributed by atoms with van der Waals surface area (Å²) in [7, 11) is 8.36. The van der Waals surface area contributed by atoms with Gasteiger partial charge >= 0.3 is 0 Å². The number of benzene rings is 1. The van der Waals surface area contributed by atoms with Gasteiger partial charge in [0.25, 0.3) is 5.69 Å². The molecule has 0 aliphatic rings. The zero-order valence-corrected chi connectivity index (χ0v) is 14.9. The molecule has 0 radical (unpaired) electrons. The molecular formula is C17H30N4O2. The highest BCUT2D eigenvalue weighted by Crippen LogP contribution is 2.14. The molecule has 0 heterocycles. The van der Waals surface area contributed by atoms with Crippen molar-refractivity contribution in [2.45, 2.75) is 19.4 Å². The molecule has 1 aromatic carbocycles. The molecule has 0 aliphatic carbocycles. The molecule has 0 saturated heterocycles. The van der Waals surface area contributed by atoms with Gasteiger partial charge in [-0.3, -0.25) is 15.0 Å². The second-order valence-corrected chi connectivity index (χ2v) is 6.51. The van der Waals surface area contributed by atoms with Crippen molar-refractivity contribution in [2.75, 3.05) is 54.4 Å². The molecule has 0 saturated carbocycles. The maximum atomic E-state index is 10.7. The van der Waals surface area contributed by atoms with Gasteiger partial charge in [0.05, 0.1) is 4.92 Å². The summed E-state index contributed by atoms with van der Waals surface area (Å²) in [5.74, 6) is 0. The number of rotatable bonds is 11. The van der Waals surface area contributed by atoms with Crippen molar-refractivity contribution >= 4 is 5.69 Å². The van der Waals surface area contributed by atoms with Crippen LogP contribution in [-0.2, 0) is 6.54 Å². The lowest BCUT2D eigenvalue weighted by molar-refractivity contribution is -0.384. The van der Waals surface area contributed by atoms with Gasteiger partial charge in [-0.1, -0.05) is 12.1 Å². The maximum Gasteiger partial charge on any atom is 0.269 e. The molecule has 0 aliphatic heterocycles. The molecule has 1 aromatic rings. The Morgan fingerprint density at radius 2 is 1.35 bits per heavy atom. The number of non-ortho nitro benzene ring substituents is 1. The predicted octanol–water partition coefficient (Wildman–Crippen LogP) is 2.30. The van der Waals surface area contributed by atoms with Gasteiger partial charge in [-0.25, -0.2) is 0 Å². The van der Waals surface area contributed by atoms with Crippen LogP contribution in [0.2, 0.25) is 0 Å². The molecule has 23 heavy (non-hydrogen) atoms. The molecule has 0 aromatic heterocycles. The van der Waals surface area contributed by atoms with Crippen LogP contribution in [0.25, 0.3) is 0 Å². The van der Waals surface area contributed by atoms with Crippen molar-refractivity contribution in [3.8, 4) is 0 Å². The largest absolute Gasteiger partial charge is 0.309 e. The van der Waals surface area contributed by atoms with E-state index in [1.54, 1.807) is 12.1 Å². The molecule has 0 atom stereocenters. The summed E-state index contributed by atoms with van der Waals surface area (Å²) in [6.07, 6.45) is 2.25. The average molecular weight is 322 g/mol. The molecule has 6 heteroatoms. The van der Waals surface area contributed by atoms with E-state index in [4.69, 9.17) is 0 Å². The van der Waals surface area contributed by atoms with E-state index in [1.807, 2.05) is 12.1 Å². The lowest BCUT2D eigenvalue weighted by Gasteiger charge is -2.24. The van der Waals surface area contributed by atoms with Crippen LogP contribution in [0.3, 0.4) is 0 Å². The van der Waals surface area contributed by atoms with Gasteiger partial charge in [0, 0.05) is 18.7 Å². The highest BCUT2D eigenvalue weighted by Gasteiger charge is 2.09. The zero-order chi connectivity index (χ0) is 17.2. The standard InChI is InChI=1S/C17H30N4O2/c1-18(2)11-5-13-20(14-6-12-19(3)4)15-16-7-9-17(10-8-16)21(22)23/h7-10H,5-6,11-15H2,1-4H3. The number of nitrogens with zero attached hydrogens (tertiary/aromatic N) is 4. The lowest BCUT2D eigenvalue weighted by Crippen LogP contribution is -2.29. The lowest BCUT2D eigenvalue weighted by atomic mass is 10.2. The van der Waals surface area contributed by atoms with Crippen LogP contribution in [0.1, 0.15) is 18.4 Å². The summed E-state index contributed by atoms with van der Waals surface area (Å²) in [6, 6.07) is 6.91. The topological polar surface area (TPSA) is 52.9 Å². The smallest absolute Gasteiger partial charge is 0.269 e. The predicted molar refractivity (Wildman–Crippen MR) is 94.7 cm³/mol. The number of nitro benzene ring substituents is 1. The van der Waals surface area contributed by atoms with Crippen LogP contribution in [0, 0.1) is 10.1 Å². The van der Waals surface area contributed by atoms with Crippen LogP contribution in [-0.4, -0.2) is 74.0 Å². The van der Waals surface area contributed by atoms with Crippen LogP contribution in [0.4, 0.5) is 5.69 Å². The summed E-state index contributed by atoms with van der Waals surface area (Å²) in [4.78, 5) is 17.2. The number of hydrogen-bond acceptors (Lipinski definition) is 5. The third-order valence-electron chi connectivity index (χ3n) is 3.71. The Labute approximate surface area is 139 Å². The fraction of sp³-hybridized carbons (Fsp3) is 0.647. The Balaban J connectivity index is 2.56. The number of nitro groups is 1. The van der Waals surface area contributed by atoms with Crippen molar-refractivity contribution < 1.29 is 4.92 Å². The second-order valence-electron chi connectivity index (χ2n) is 6.51. The molecular weight excluding hydrogens is 292 g/mol. The summed E-state index contributed by atoms with van der Waals surface area (Å²) >= 11 is 0. The quantitative estimate of drug-likeness (QED) is 0.462. The normalized spacial score (nSPS) is 11.6. The Morgan fingerprint density at radius 1 is 0.870 bits per heavy atom. The van der Waals surface area contributed by atoms with Gasteiger partial charge < -0.3 is 9.80 Å². The molecule has 130 valence electrons. The van der Waals surface area contributed by atoms with Crippen molar-refractivity contribution in [1.82, 2.24) is 14.7 Å². The average Bonchev–Trinajstić information content (AvgIpc) is 2.46. The first kappa shape index (κ1) is 19.5. The first-order chi connectivity index (χ1) is 10.9. The Bertz CT molecular complexity index is 446. The summed E-state index contributed by atoms with van der Waals surface area (Å²) in [5, 5.41) is 10.7. The van der Waals surface area contributed by atoms with Crippen molar-refractivity contribution in [3.63, 3.8) is 0 Å². The third-order valence-corrected chi connectivity index (χ3v) is 3.71. The Hall–Kier alpha value is -1.50. The van der Waals surface area contributed by atoms with E-state index in [2.05, 4.69) is 42.9 Å². The molecule has 0 amide bonds. The van der Waals surface area contributed by atoms with Gasteiger partial charge in [0.15, 0.2) is 0 Å². The van der Waals surface area contributed by atoms with Crippen LogP contribution < -0.4 is 0 Å². The second kappa shape index (κ2) is 10.3. The van der Waals surface area contributed by atoms with Gasteiger partial charge in [-0.15, -0.1) is 0 Å².